The van der Waals surface area contributed by atoms with Crippen LogP contribution in [0.5, 0.6) is 0 Å². The fourth-order valence-electron chi connectivity index (χ4n) is 2.55. The summed E-state index contributed by atoms with van der Waals surface area (Å²) in [4.78, 5) is 17.5. The normalized spacial score (nSPS) is 13.9. The lowest BCUT2D eigenvalue weighted by Gasteiger charge is -2.31. The number of benzene rings is 1. The summed E-state index contributed by atoms with van der Waals surface area (Å²) in [5, 5.41) is 9.62. The average Bonchev–Trinajstić information content (AvgIpc) is 2.46. The molecule has 1 aromatic heterocycles. The van der Waals surface area contributed by atoms with Crippen molar-refractivity contribution < 1.29 is 9.90 Å². The van der Waals surface area contributed by atoms with Crippen LogP contribution in [-0.4, -0.2) is 22.6 Å². The van der Waals surface area contributed by atoms with Crippen molar-refractivity contribution in [1.29, 1.82) is 0 Å². The van der Waals surface area contributed by atoms with Gasteiger partial charge in [0.05, 0.1) is 0 Å². The Hall–Kier alpha value is -2.07. The Morgan fingerprint density at radius 2 is 2.05 bits per heavy atom. The second-order valence-electron chi connectivity index (χ2n) is 4.69. The van der Waals surface area contributed by atoms with Crippen LogP contribution in [0.1, 0.15) is 22.3 Å². The molecule has 5 heteroatoms. The topological polar surface area (TPSA) is 53.4 Å². The van der Waals surface area contributed by atoms with Gasteiger partial charge in [-0.25, -0.2) is 9.78 Å². The van der Waals surface area contributed by atoms with Crippen molar-refractivity contribution in [3.63, 3.8) is 0 Å². The number of hydrogen-bond donors (Lipinski definition) is 1. The number of aryl methyl sites for hydroxylation is 1. The summed E-state index contributed by atoms with van der Waals surface area (Å²) in [7, 11) is 0. The van der Waals surface area contributed by atoms with Gasteiger partial charge in [-0.05, 0) is 36.6 Å². The summed E-state index contributed by atoms with van der Waals surface area (Å²) in [5.41, 5.74) is 2.39. The number of aromatic nitrogens is 1. The highest BCUT2D eigenvalue weighted by Gasteiger charge is 2.23. The van der Waals surface area contributed by atoms with Gasteiger partial charge in [-0.1, -0.05) is 29.8 Å². The van der Waals surface area contributed by atoms with E-state index in [1.165, 1.54) is 17.7 Å². The number of carboxylic acids is 1. The maximum atomic E-state index is 11.4. The van der Waals surface area contributed by atoms with Crippen LogP contribution in [0.25, 0.3) is 0 Å². The third-order valence-electron chi connectivity index (χ3n) is 3.44. The monoisotopic (exact) mass is 288 g/mol. The average molecular weight is 289 g/mol. The second kappa shape index (κ2) is 5.13. The van der Waals surface area contributed by atoms with Crippen molar-refractivity contribution in [2.45, 2.75) is 12.8 Å². The van der Waals surface area contributed by atoms with Gasteiger partial charge < -0.3 is 10.0 Å². The Morgan fingerprint density at radius 1 is 1.25 bits per heavy atom. The SMILES string of the molecule is O=C(O)c1ccc(Cl)nc1N1CCCc2ccccc21. The van der Waals surface area contributed by atoms with E-state index in [1.807, 2.05) is 23.1 Å². The first-order chi connectivity index (χ1) is 9.66. The Balaban J connectivity index is 2.15. The van der Waals surface area contributed by atoms with Crippen LogP contribution in [-0.2, 0) is 6.42 Å². The highest BCUT2D eigenvalue weighted by molar-refractivity contribution is 6.29. The van der Waals surface area contributed by atoms with E-state index in [0.29, 0.717) is 11.0 Å². The lowest BCUT2D eigenvalue weighted by atomic mass is 10.0. The molecule has 1 aromatic carbocycles. The molecule has 2 heterocycles. The van der Waals surface area contributed by atoms with Crippen LogP contribution in [0.2, 0.25) is 5.15 Å². The molecule has 0 bridgehead atoms. The van der Waals surface area contributed by atoms with Gasteiger partial charge in [0.25, 0.3) is 0 Å². The zero-order valence-corrected chi connectivity index (χ0v) is 11.5. The molecule has 1 N–H and O–H groups in total. The number of carbonyl (C=O) groups is 1. The minimum atomic E-state index is -0.993. The molecule has 0 saturated heterocycles. The van der Waals surface area contributed by atoms with E-state index in [1.54, 1.807) is 0 Å². The molecule has 2 aromatic rings. The number of carboxylic acid groups (broad SMARTS) is 1. The van der Waals surface area contributed by atoms with Crippen LogP contribution in [0, 0.1) is 0 Å². The lowest BCUT2D eigenvalue weighted by Crippen LogP contribution is -2.27. The minimum Gasteiger partial charge on any atom is -0.478 e. The van der Waals surface area contributed by atoms with E-state index in [4.69, 9.17) is 11.6 Å². The minimum absolute atomic E-state index is 0.172. The molecule has 20 heavy (non-hydrogen) atoms. The number of hydrogen-bond acceptors (Lipinski definition) is 3. The summed E-state index contributed by atoms with van der Waals surface area (Å²) in [5.74, 6) is -0.579. The van der Waals surface area contributed by atoms with Crippen LogP contribution >= 0.6 is 11.6 Å². The molecule has 4 nitrogen and oxygen atoms in total. The molecular formula is C15H13ClN2O2. The van der Waals surface area contributed by atoms with Gasteiger partial charge in [-0.2, -0.15) is 0 Å². The van der Waals surface area contributed by atoms with Gasteiger partial charge in [0.2, 0.25) is 0 Å². The van der Waals surface area contributed by atoms with Crippen molar-refractivity contribution in [2.24, 2.45) is 0 Å². The fraction of sp³-hybridized carbons (Fsp3) is 0.200. The number of anilines is 2. The molecule has 0 fully saturated rings. The standard InChI is InChI=1S/C15H13ClN2O2/c16-13-8-7-11(15(19)20)14(17-13)18-9-3-5-10-4-1-2-6-12(10)18/h1-2,4,6-8H,3,5,9H2,(H,19,20). The van der Waals surface area contributed by atoms with E-state index in [2.05, 4.69) is 11.1 Å². The number of fused-ring (bicyclic) bond motifs is 1. The molecule has 0 spiro atoms. The third kappa shape index (κ3) is 2.23. The summed E-state index contributed by atoms with van der Waals surface area (Å²) >= 11 is 5.94. The fourth-order valence-corrected chi connectivity index (χ4v) is 2.69. The van der Waals surface area contributed by atoms with Gasteiger partial charge in [-0.3, -0.25) is 0 Å². The van der Waals surface area contributed by atoms with Crippen molar-refractivity contribution in [3.8, 4) is 0 Å². The Morgan fingerprint density at radius 3 is 2.85 bits per heavy atom. The van der Waals surface area contributed by atoms with Crippen molar-refractivity contribution in [3.05, 3.63) is 52.7 Å². The van der Waals surface area contributed by atoms with E-state index < -0.39 is 5.97 Å². The molecule has 0 saturated carbocycles. The van der Waals surface area contributed by atoms with Crippen LogP contribution < -0.4 is 4.90 Å². The molecule has 1 aliphatic rings. The van der Waals surface area contributed by atoms with Crippen molar-refractivity contribution >= 4 is 29.1 Å². The summed E-state index contributed by atoms with van der Waals surface area (Å²) in [6, 6.07) is 11.0. The molecule has 0 amide bonds. The van der Waals surface area contributed by atoms with E-state index in [-0.39, 0.29) is 5.56 Å². The van der Waals surface area contributed by atoms with E-state index >= 15 is 0 Å². The largest absolute Gasteiger partial charge is 0.478 e. The molecule has 0 atom stereocenters. The predicted octanol–water partition coefficient (Wildman–Crippen LogP) is 3.52. The Labute approximate surface area is 121 Å². The number of nitrogens with zero attached hydrogens (tertiary/aromatic N) is 2. The maximum absolute atomic E-state index is 11.4. The van der Waals surface area contributed by atoms with Crippen molar-refractivity contribution in [2.75, 3.05) is 11.4 Å². The molecule has 1 aliphatic heterocycles. The first-order valence-corrected chi connectivity index (χ1v) is 6.80. The van der Waals surface area contributed by atoms with Gasteiger partial charge in [0, 0.05) is 12.2 Å². The van der Waals surface area contributed by atoms with Crippen LogP contribution in [0.15, 0.2) is 36.4 Å². The molecule has 0 radical (unpaired) electrons. The van der Waals surface area contributed by atoms with Gasteiger partial charge in [0.1, 0.15) is 16.5 Å². The van der Waals surface area contributed by atoms with Gasteiger partial charge >= 0.3 is 5.97 Å². The number of halogens is 1. The predicted molar refractivity (Wildman–Crippen MR) is 78.0 cm³/mol. The van der Waals surface area contributed by atoms with Crippen LogP contribution in [0.4, 0.5) is 11.5 Å². The Kier molecular flexibility index (Phi) is 3.32. The number of pyridine rings is 1. The summed E-state index contributed by atoms with van der Waals surface area (Å²) in [6.45, 7) is 0.741. The molecule has 3 rings (SSSR count). The van der Waals surface area contributed by atoms with E-state index in [9.17, 15) is 9.90 Å². The highest BCUT2D eigenvalue weighted by atomic mass is 35.5. The zero-order chi connectivity index (χ0) is 14.1. The first-order valence-electron chi connectivity index (χ1n) is 6.42. The van der Waals surface area contributed by atoms with Gasteiger partial charge in [0.15, 0.2) is 0 Å². The zero-order valence-electron chi connectivity index (χ0n) is 10.7. The third-order valence-corrected chi connectivity index (χ3v) is 3.65. The maximum Gasteiger partial charge on any atom is 0.339 e. The van der Waals surface area contributed by atoms with Crippen LogP contribution in [0.3, 0.4) is 0 Å². The first kappa shape index (κ1) is 12.9. The molecular weight excluding hydrogens is 276 g/mol. The summed E-state index contributed by atoms with van der Waals surface area (Å²) in [6.07, 6.45) is 1.96. The lowest BCUT2D eigenvalue weighted by molar-refractivity contribution is 0.0697. The molecule has 102 valence electrons. The summed E-state index contributed by atoms with van der Waals surface area (Å²) < 4.78 is 0. The molecule has 0 unspecified atom stereocenters. The quantitative estimate of drug-likeness (QED) is 0.859. The number of aromatic carboxylic acids is 1. The van der Waals surface area contributed by atoms with E-state index in [0.717, 1.165) is 25.1 Å². The van der Waals surface area contributed by atoms with Gasteiger partial charge in [-0.15, -0.1) is 0 Å². The second-order valence-corrected chi connectivity index (χ2v) is 5.08. The number of para-hydroxylation sites is 1. The highest BCUT2D eigenvalue weighted by Crippen LogP contribution is 2.34. The van der Waals surface area contributed by atoms with Crippen molar-refractivity contribution in [1.82, 2.24) is 4.98 Å². The molecule has 0 aliphatic carbocycles. The smallest absolute Gasteiger partial charge is 0.339 e. The Bertz CT molecular complexity index is 673. The number of rotatable bonds is 2.